The summed E-state index contributed by atoms with van der Waals surface area (Å²) in [6, 6.07) is 6.48. The van der Waals surface area contributed by atoms with Gasteiger partial charge in [-0.3, -0.25) is 9.69 Å². The van der Waals surface area contributed by atoms with E-state index in [9.17, 15) is 4.79 Å². The van der Waals surface area contributed by atoms with E-state index >= 15 is 0 Å². The second-order valence-corrected chi connectivity index (χ2v) is 6.23. The molecule has 1 heterocycles. The van der Waals surface area contributed by atoms with Crippen LogP contribution in [0.5, 0.6) is 5.75 Å². The van der Waals surface area contributed by atoms with Gasteiger partial charge in [0, 0.05) is 30.6 Å². The topological polar surface area (TPSA) is 55.6 Å². The molecule has 1 aliphatic heterocycles. The van der Waals surface area contributed by atoms with Crippen molar-refractivity contribution < 1.29 is 9.53 Å². The number of carbonyl (C=O) groups excluding carboxylic acids is 1. The molecule has 1 fully saturated rings. The van der Waals surface area contributed by atoms with Crippen molar-refractivity contribution in [2.24, 2.45) is 0 Å². The molecule has 1 aromatic rings. The van der Waals surface area contributed by atoms with E-state index in [1.807, 2.05) is 13.0 Å². The molecule has 0 amide bonds. The lowest BCUT2D eigenvalue weighted by molar-refractivity contribution is 0.0839. The zero-order chi connectivity index (χ0) is 16.1. The first kappa shape index (κ1) is 16.8. The van der Waals surface area contributed by atoms with Gasteiger partial charge < -0.3 is 10.5 Å². The Balaban J connectivity index is 1.96. The minimum atomic E-state index is 0.153. The van der Waals surface area contributed by atoms with Crippen LogP contribution in [0.4, 0.5) is 5.69 Å². The average Bonchev–Trinajstić information content (AvgIpc) is 2.48. The highest BCUT2D eigenvalue weighted by Gasteiger charge is 2.24. The summed E-state index contributed by atoms with van der Waals surface area (Å²) in [7, 11) is 0. The molecule has 22 heavy (non-hydrogen) atoms. The van der Waals surface area contributed by atoms with Crippen LogP contribution in [0, 0.1) is 0 Å². The Morgan fingerprint density at radius 1 is 1.32 bits per heavy atom. The van der Waals surface area contributed by atoms with Gasteiger partial charge in [-0.25, -0.2) is 0 Å². The highest BCUT2D eigenvalue weighted by molar-refractivity contribution is 5.97. The monoisotopic (exact) mass is 304 g/mol. The molecule has 1 aromatic carbocycles. The van der Waals surface area contributed by atoms with Crippen LogP contribution in [0.25, 0.3) is 0 Å². The van der Waals surface area contributed by atoms with E-state index in [-0.39, 0.29) is 5.78 Å². The second kappa shape index (κ2) is 7.63. The van der Waals surface area contributed by atoms with Crippen LogP contribution in [0.15, 0.2) is 18.2 Å². The SMILES string of the molecule is CCOc1ccc(C(=O)CCN2C(C)CCCC2C)cc1N. The molecule has 0 aliphatic carbocycles. The Kier molecular flexibility index (Phi) is 5.83. The van der Waals surface area contributed by atoms with Crippen molar-refractivity contribution in [3.05, 3.63) is 23.8 Å². The molecule has 2 rings (SSSR count). The molecule has 2 atom stereocenters. The fourth-order valence-electron chi connectivity index (χ4n) is 3.30. The minimum Gasteiger partial charge on any atom is -0.492 e. The lowest BCUT2D eigenvalue weighted by Gasteiger charge is -2.38. The number of likely N-dealkylation sites (tertiary alicyclic amines) is 1. The molecule has 4 heteroatoms. The maximum atomic E-state index is 12.4. The van der Waals surface area contributed by atoms with Gasteiger partial charge in [-0.2, -0.15) is 0 Å². The Morgan fingerprint density at radius 2 is 2.00 bits per heavy atom. The van der Waals surface area contributed by atoms with Gasteiger partial charge in [0.05, 0.1) is 12.3 Å². The summed E-state index contributed by atoms with van der Waals surface area (Å²) in [4.78, 5) is 14.9. The van der Waals surface area contributed by atoms with Crippen LogP contribution in [0.3, 0.4) is 0 Å². The summed E-state index contributed by atoms with van der Waals surface area (Å²) in [5.41, 5.74) is 7.15. The van der Waals surface area contributed by atoms with Crippen molar-refractivity contribution in [3.8, 4) is 5.75 Å². The number of hydrogen-bond donors (Lipinski definition) is 1. The predicted molar refractivity (Wildman–Crippen MR) is 90.5 cm³/mol. The van der Waals surface area contributed by atoms with Gasteiger partial charge in [0.25, 0.3) is 0 Å². The number of rotatable bonds is 6. The molecule has 122 valence electrons. The average molecular weight is 304 g/mol. The summed E-state index contributed by atoms with van der Waals surface area (Å²) in [6.07, 6.45) is 4.30. The molecule has 1 saturated heterocycles. The minimum absolute atomic E-state index is 0.153. The van der Waals surface area contributed by atoms with Crippen LogP contribution in [0.2, 0.25) is 0 Å². The molecule has 0 spiro atoms. The number of ether oxygens (including phenoxy) is 1. The molecular weight excluding hydrogens is 276 g/mol. The zero-order valence-electron chi connectivity index (χ0n) is 14.0. The Morgan fingerprint density at radius 3 is 2.59 bits per heavy atom. The van der Waals surface area contributed by atoms with Crippen LogP contribution in [0.1, 0.15) is 56.8 Å². The lowest BCUT2D eigenvalue weighted by Crippen LogP contribution is -2.44. The predicted octanol–water partition coefficient (Wildman–Crippen LogP) is 3.50. The quantitative estimate of drug-likeness (QED) is 0.645. The van der Waals surface area contributed by atoms with Gasteiger partial charge in [-0.05, 0) is 51.8 Å². The summed E-state index contributed by atoms with van der Waals surface area (Å²) in [5.74, 6) is 0.803. The highest BCUT2D eigenvalue weighted by Crippen LogP contribution is 2.25. The Bertz CT molecular complexity index is 506. The van der Waals surface area contributed by atoms with Crippen LogP contribution < -0.4 is 10.5 Å². The number of piperidine rings is 1. The highest BCUT2D eigenvalue weighted by atomic mass is 16.5. The number of anilines is 1. The second-order valence-electron chi connectivity index (χ2n) is 6.23. The molecule has 2 N–H and O–H groups in total. The van der Waals surface area contributed by atoms with Gasteiger partial charge in [0.15, 0.2) is 5.78 Å². The summed E-state index contributed by atoms with van der Waals surface area (Å²) in [5, 5.41) is 0. The van der Waals surface area contributed by atoms with Crippen molar-refractivity contribution in [2.75, 3.05) is 18.9 Å². The van der Waals surface area contributed by atoms with Crippen molar-refractivity contribution >= 4 is 11.5 Å². The van der Waals surface area contributed by atoms with E-state index in [1.54, 1.807) is 12.1 Å². The molecule has 2 unspecified atom stereocenters. The molecule has 1 aliphatic rings. The van der Waals surface area contributed by atoms with Crippen LogP contribution in [-0.2, 0) is 0 Å². The first-order valence-corrected chi connectivity index (χ1v) is 8.34. The number of nitrogen functional groups attached to an aromatic ring is 1. The third-order valence-electron chi connectivity index (χ3n) is 4.60. The van der Waals surface area contributed by atoms with E-state index < -0.39 is 0 Å². The molecule has 0 bridgehead atoms. The van der Waals surface area contributed by atoms with E-state index in [1.165, 1.54) is 19.3 Å². The largest absolute Gasteiger partial charge is 0.492 e. The van der Waals surface area contributed by atoms with Crippen LogP contribution >= 0.6 is 0 Å². The van der Waals surface area contributed by atoms with Gasteiger partial charge >= 0.3 is 0 Å². The third-order valence-corrected chi connectivity index (χ3v) is 4.60. The maximum absolute atomic E-state index is 12.4. The number of ketones is 1. The maximum Gasteiger partial charge on any atom is 0.164 e. The molecule has 0 saturated carbocycles. The number of nitrogens with zero attached hydrogens (tertiary/aromatic N) is 1. The first-order chi connectivity index (χ1) is 10.5. The number of carbonyl (C=O) groups is 1. The number of hydrogen-bond acceptors (Lipinski definition) is 4. The van der Waals surface area contributed by atoms with Gasteiger partial charge in [-0.1, -0.05) is 6.42 Å². The smallest absolute Gasteiger partial charge is 0.164 e. The fourth-order valence-corrected chi connectivity index (χ4v) is 3.30. The number of nitrogens with two attached hydrogens (primary N) is 1. The summed E-state index contributed by atoms with van der Waals surface area (Å²) >= 11 is 0. The Labute approximate surface area is 133 Å². The summed E-state index contributed by atoms with van der Waals surface area (Å²) < 4.78 is 5.41. The molecule has 0 aromatic heterocycles. The molecule has 4 nitrogen and oxygen atoms in total. The Hall–Kier alpha value is -1.55. The van der Waals surface area contributed by atoms with E-state index in [0.717, 1.165) is 6.54 Å². The third kappa shape index (κ3) is 4.01. The van der Waals surface area contributed by atoms with Crippen LogP contribution in [-0.4, -0.2) is 35.9 Å². The summed E-state index contributed by atoms with van der Waals surface area (Å²) in [6.45, 7) is 7.83. The van der Waals surface area contributed by atoms with Crippen molar-refractivity contribution in [1.82, 2.24) is 4.90 Å². The van der Waals surface area contributed by atoms with E-state index in [2.05, 4.69) is 18.7 Å². The van der Waals surface area contributed by atoms with Crippen molar-refractivity contribution in [3.63, 3.8) is 0 Å². The van der Waals surface area contributed by atoms with E-state index in [4.69, 9.17) is 10.5 Å². The number of Topliss-reactive ketones (excluding diaryl/α,β-unsaturated/α-hetero) is 1. The fraction of sp³-hybridized carbons (Fsp3) is 0.611. The normalized spacial score (nSPS) is 22.5. The first-order valence-electron chi connectivity index (χ1n) is 8.34. The van der Waals surface area contributed by atoms with Gasteiger partial charge in [0.1, 0.15) is 5.75 Å². The lowest BCUT2D eigenvalue weighted by atomic mass is 9.96. The van der Waals surface area contributed by atoms with Gasteiger partial charge in [-0.15, -0.1) is 0 Å². The standard InChI is InChI=1S/C18H28N2O2/c1-4-22-18-9-8-15(12-16(18)19)17(21)10-11-20-13(2)6-5-7-14(20)3/h8-9,12-14H,4-7,10-11,19H2,1-3H3. The van der Waals surface area contributed by atoms with Crippen molar-refractivity contribution in [1.29, 1.82) is 0 Å². The zero-order valence-corrected chi connectivity index (χ0v) is 14.0. The molecular formula is C18H28N2O2. The van der Waals surface area contributed by atoms with E-state index in [0.29, 0.717) is 42.1 Å². The molecule has 0 radical (unpaired) electrons. The van der Waals surface area contributed by atoms with Gasteiger partial charge in [0.2, 0.25) is 0 Å². The number of benzene rings is 1. The van der Waals surface area contributed by atoms with Crippen molar-refractivity contribution in [2.45, 2.75) is 58.5 Å².